The van der Waals surface area contributed by atoms with Crippen molar-refractivity contribution in [3.05, 3.63) is 70.0 Å². The first-order chi connectivity index (χ1) is 12.1. The predicted octanol–water partition coefficient (Wildman–Crippen LogP) is 2.36. The zero-order valence-corrected chi connectivity index (χ0v) is 14.2. The van der Waals surface area contributed by atoms with Gasteiger partial charge in [0.25, 0.3) is 5.91 Å². The second-order valence-corrected chi connectivity index (χ2v) is 5.54. The van der Waals surface area contributed by atoms with Crippen LogP contribution in [0.5, 0.6) is 5.75 Å². The maximum Gasteiger partial charge on any atom is 0.276 e. The minimum atomic E-state index is -0.478. The van der Waals surface area contributed by atoms with Gasteiger partial charge in [-0.1, -0.05) is 24.3 Å². The molecule has 0 saturated carbocycles. The highest BCUT2D eigenvalue weighted by Gasteiger charge is 2.16. The van der Waals surface area contributed by atoms with Gasteiger partial charge >= 0.3 is 0 Å². The van der Waals surface area contributed by atoms with E-state index < -0.39 is 5.91 Å². The Morgan fingerprint density at radius 1 is 1.16 bits per heavy atom. The Morgan fingerprint density at radius 3 is 2.56 bits per heavy atom. The van der Waals surface area contributed by atoms with Crippen LogP contribution in [0.2, 0.25) is 0 Å². The summed E-state index contributed by atoms with van der Waals surface area (Å²) in [7, 11) is 1.60. The summed E-state index contributed by atoms with van der Waals surface area (Å²) in [5.74, 6) is 0.269. The van der Waals surface area contributed by atoms with Crippen LogP contribution in [-0.4, -0.2) is 22.8 Å². The number of benzene rings is 2. The Morgan fingerprint density at radius 2 is 1.88 bits per heavy atom. The first-order valence-electron chi connectivity index (χ1n) is 8.05. The van der Waals surface area contributed by atoms with Gasteiger partial charge in [-0.05, 0) is 36.8 Å². The molecule has 0 atom stereocenters. The van der Waals surface area contributed by atoms with Crippen LogP contribution < -0.4 is 15.5 Å². The maximum atomic E-state index is 12.6. The number of amides is 1. The fourth-order valence-corrected chi connectivity index (χ4v) is 2.64. The zero-order valence-electron chi connectivity index (χ0n) is 14.2. The maximum absolute atomic E-state index is 12.6. The SMILES string of the molecule is CCn1nc(C(=O)NCc2ccc(OC)cc2)c(=O)c2ccccc21. The highest BCUT2D eigenvalue weighted by Crippen LogP contribution is 2.12. The molecule has 1 aromatic heterocycles. The molecule has 0 spiro atoms. The zero-order chi connectivity index (χ0) is 17.8. The van der Waals surface area contributed by atoms with Crippen molar-refractivity contribution in [2.75, 3.05) is 7.11 Å². The van der Waals surface area contributed by atoms with Crippen LogP contribution in [0.1, 0.15) is 23.0 Å². The quantitative estimate of drug-likeness (QED) is 0.776. The highest BCUT2D eigenvalue weighted by molar-refractivity contribution is 5.95. The number of rotatable bonds is 5. The van der Waals surface area contributed by atoms with Crippen LogP contribution in [0, 0.1) is 0 Å². The van der Waals surface area contributed by atoms with Gasteiger partial charge in [0.05, 0.1) is 12.6 Å². The molecule has 0 aliphatic heterocycles. The lowest BCUT2D eigenvalue weighted by molar-refractivity contribution is 0.0943. The normalized spacial score (nSPS) is 10.6. The minimum Gasteiger partial charge on any atom is -0.497 e. The molecule has 6 heteroatoms. The lowest BCUT2D eigenvalue weighted by Crippen LogP contribution is -2.31. The summed E-state index contributed by atoms with van der Waals surface area (Å²) >= 11 is 0. The van der Waals surface area contributed by atoms with E-state index in [1.165, 1.54) is 0 Å². The lowest BCUT2D eigenvalue weighted by Gasteiger charge is -2.10. The second-order valence-electron chi connectivity index (χ2n) is 5.54. The molecule has 0 unspecified atom stereocenters. The highest BCUT2D eigenvalue weighted by atomic mass is 16.5. The standard InChI is InChI=1S/C19H19N3O3/c1-3-22-16-7-5-4-6-15(16)18(23)17(21-22)19(24)20-12-13-8-10-14(25-2)11-9-13/h4-11H,3,12H2,1-2H3,(H,20,24). The topological polar surface area (TPSA) is 73.2 Å². The Kier molecular flexibility index (Phi) is 4.79. The largest absolute Gasteiger partial charge is 0.497 e. The number of nitrogens with zero attached hydrogens (tertiary/aromatic N) is 2. The van der Waals surface area contributed by atoms with Crippen molar-refractivity contribution in [2.45, 2.75) is 20.0 Å². The monoisotopic (exact) mass is 337 g/mol. The average Bonchev–Trinajstić information content (AvgIpc) is 2.67. The fourth-order valence-electron chi connectivity index (χ4n) is 2.64. The van der Waals surface area contributed by atoms with Crippen molar-refractivity contribution in [3.63, 3.8) is 0 Å². The van der Waals surface area contributed by atoms with E-state index in [4.69, 9.17) is 4.74 Å². The molecule has 1 heterocycles. The molecular weight excluding hydrogens is 318 g/mol. The third-order valence-electron chi connectivity index (χ3n) is 3.99. The Labute approximate surface area is 145 Å². The van der Waals surface area contributed by atoms with Crippen LogP contribution in [0.25, 0.3) is 10.9 Å². The molecule has 6 nitrogen and oxygen atoms in total. The number of carbonyl (C=O) groups is 1. The van der Waals surface area contributed by atoms with E-state index in [0.29, 0.717) is 18.5 Å². The van der Waals surface area contributed by atoms with Crippen LogP contribution in [0.4, 0.5) is 0 Å². The number of aromatic nitrogens is 2. The Hall–Kier alpha value is -3.15. The summed E-state index contributed by atoms with van der Waals surface area (Å²) in [5, 5.41) is 7.48. The van der Waals surface area contributed by atoms with E-state index in [0.717, 1.165) is 16.8 Å². The van der Waals surface area contributed by atoms with E-state index in [1.807, 2.05) is 43.3 Å². The Balaban J connectivity index is 1.86. The Bertz CT molecular complexity index is 962. The van der Waals surface area contributed by atoms with Crippen molar-refractivity contribution < 1.29 is 9.53 Å². The number of para-hydroxylation sites is 1. The van der Waals surface area contributed by atoms with Gasteiger partial charge in [0.15, 0.2) is 5.69 Å². The smallest absolute Gasteiger partial charge is 0.276 e. The van der Waals surface area contributed by atoms with Gasteiger partial charge in [-0.3, -0.25) is 14.3 Å². The van der Waals surface area contributed by atoms with Crippen molar-refractivity contribution >= 4 is 16.8 Å². The summed E-state index contributed by atoms with van der Waals surface area (Å²) in [5.41, 5.74) is 1.19. The number of carbonyl (C=O) groups excluding carboxylic acids is 1. The number of fused-ring (bicyclic) bond motifs is 1. The number of nitrogens with one attached hydrogen (secondary N) is 1. The van der Waals surface area contributed by atoms with Crippen molar-refractivity contribution in [2.24, 2.45) is 0 Å². The van der Waals surface area contributed by atoms with Gasteiger partial charge in [0, 0.05) is 18.5 Å². The van der Waals surface area contributed by atoms with Gasteiger partial charge in [-0.15, -0.1) is 0 Å². The number of aryl methyl sites for hydroxylation is 1. The van der Waals surface area contributed by atoms with Gasteiger partial charge in [0.2, 0.25) is 5.43 Å². The molecule has 1 N–H and O–H groups in total. The molecule has 0 bridgehead atoms. The third-order valence-corrected chi connectivity index (χ3v) is 3.99. The van der Waals surface area contributed by atoms with Crippen molar-refractivity contribution in [3.8, 4) is 5.75 Å². The molecule has 128 valence electrons. The first-order valence-corrected chi connectivity index (χ1v) is 8.05. The molecule has 0 aliphatic carbocycles. The molecule has 0 aliphatic rings. The van der Waals surface area contributed by atoms with Crippen LogP contribution in [0.3, 0.4) is 0 Å². The predicted molar refractivity (Wildman–Crippen MR) is 95.8 cm³/mol. The van der Waals surface area contributed by atoms with Gasteiger partial charge in [-0.2, -0.15) is 5.10 Å². The molecular formula is C19H19N3O3. The van der Waals surface area contributed by atoms with E-state index >= 15 is 0 Å². The summed E-state index contributed by atoms with van der Waals surface area (Å²) in [6.07, 6.45) is 0. The van der Waals surface area contributed by atoms with Crippen LogP contribution >= 0.6 is 0 Å². The molecule has 3 aromatic rings. The molecule has 25 heavy (non-hydrogen) atoms. The number of ether oxygens (including phenoxy) is 1. The van der Waals surface area contributed by atoms with E-state index in [2.05, 4.69) is 10.4 Å². The van der Waals surface area contributed by atoms with Crippen molar-refractivity contribution in [1.29, 1.82) is 0 Å². The van der Waals surface area contributed by atoms with E-state index in [9.17, 15) is 9.59 Å². The summed E-state index contributed by atoms with van der Waals surface area (Å²) in [6, 6.07) is 14.5. The fraction of sp³-hybridized carbons (Fsp3) is 0.211. The average molecular weight is 337 g/mol. The first kappa shape index (κ1) is 16.7. The van der Waals surface area contributed by atoms with Gasteiger partial charge < -0.3 is 10.1 Å². The van der Waals surface area contributed by atoms with Crippen LogP contribution in [-0.2, 0) is 13.1 Å². The molecule has 2 aromatic carbocycles. The summed E-state index contributed by atoms with van der Waals surface area (Å²) in [6.45, 7) is 2.80. The number of hydrogen-bond donors (Lipinski definition) is 1. The van der Waals surface area contributed by atoms with Gasteiger partial charge in [0.1, 0.15) is 5.75 Å². The summed E-state index contributed by atoms with van der Waals surface area (Å²) < 4.78 is 6.77. The number of hydrogen-bond acceptors (Lipinski definition) is 4. The van der Waals surface area contributed by atoms with Gasteiger partial charge in [-0.25, -0.2) is 0 Å². The third kappa shape index (κ3) is 3.38. The summed E-state index contributed by atoms with van der Waals surface area (Å²) in [4.78, 5) is 25.0. The second kappa shape index (κ2) is 7.17. The minimum absolute atomic E-state index is 0.0888. The van der Waals surface area contributed by atoms with E-state index in [1.54, 1.807) is 23.9 Å². The molecule has 0 radical (unpaired) electrons. The van der Waals surface area contributed by atoms with Crippen molar-refractivity contribution in [1.82, 2.24) is 15.1 Å². The van der Waals surface area contributed by atoms with Crippen LogP contribution in [0.15, 0.2) is 53.3 Å². The lowest BCUT2D eigenvalue weighted by atomic mass is 10.2. The molecule has 1 amide bonds. The molecule has 3 rings (SSSR count). The van der Waals surface area contributed by atoms with E-state index in [-0.39, 0.29) is 11.1 Å². The number of methoxy groups -OCH3 is 1. The molecule has 0 saturated heterocycles. The molecule has 0 fully saturated rings.